The maximum absolute atomic E-state index is 5.98. The van der Waals surface area contributed by atoms with Gasteiger partial charge in [-0.2, -0.15) is 0 Å². The molecule has 0 bridgehead atoms. The van der Waals surface area contributed by atoms with Crippen LogP contribution in [0.2, 0.25) is 5.15 Å². The first kappa shape index (κ1) is 11.6. The van der Waals surface area contributed by atoms with Gasteiger partial charge in [0.1, 0.15) is 16.8 Å². The molecule has 1 heterocycles. The second-order valence-corrected chi connectivity index (χ2v) is 4.76. The van der Waals surface area contributed by atoms with E-state index in [1.54, 1.807) is 0 Å². The molecular weight excluding hydrogens is 222 g/mol. The van der Waals surface area contributed by atoms with Crippen LogP contribution in [0.3, 0.4) is 0 Å². The van der Waals surface area contributed by atoms with Crippen LogP contribution in [-0.4, -0.2) is 22.6 Å². The first-order chi connectivity index (χ1) is 7.70. The molecule has 0 unspecified atom stereocenters. The molecule has 2 rings (SSSR count). The van der Waals surface area contributed by atoms with Crippen molar-refractivity contribution in [3.05, 3.63) is 17.0 Å². The van der Waals surface area contributed by atoms with Crippen LogP contribution < -0.4 is 4.90 Å². The Kier molecular flexibility index (Phi) is 3.64. The van der Waals surface area contributed by atoms with Gasteiger partial charge in [0.05, 0.1) is 0 Å². The van der Waals surface area contributed by atoms with E-state index in [4.69, 9.17) is 11.6 Å². The molecule has 1 fully saturated rings. The minimum absolute atomic E-state index is 0.546. The molecule has 3 nitrogen and oxygen atoms in total. The zero-order chi connectivity index (χ0) is 11.5. The Balaban J connectivity index is 2.16. The molecule has 0 aliphatic heterocycles. The number of hydrogen-bond donors (Lipinski definition) is 0. The van der Waals surface area contributed by atoms with E-state index in [-0.39, 0.29) is 0 Å². The molecule has 1 aromatic heterocycles. The van der Waals surface area contributed by atoms with Gasteiger partial charge < -0.3 is 4.90 Å². The minimum Gasteiger partial charge on any atom is -0.353 e. The molecule has 0 aromatic carbocycles. The van der Waals surface area contributed by atoms with Crippen LogP contribution in [0, 0.1) is 6.92 Å². The van der Waals surface area contributed by atoms with Crippen molar-refractivity contribution in [1.29, 1.82) is 0 Å². The third kappa shape index (κ3) is 2.85. The molecule has 4 heteroatoms. The van der Waals surface area contributed by atoms with Gasteiger partial charge in [0, 0.05) is 18.7 Å². The number of unbranched alkanes of at least 4 members (excludes halogenated alkanes) is 1. The topological polar surface area (TPSA) is 29.0 Å². The zero-order valence-corrected chi connectivity index (χ0v) is 10.7. The van der Waals surface area contributed by atoms with Crippen LogP contribution in [0.1, 0.15) is 38.4 Å². The van der Waals surface area contributed by atoms with Crippen molar-refractivity contribution in [1.82, 2.24) is 9.97 Å². The number of hydrogen-bond acceptors (Lipinski definition) is 3. The molecule has 0 saturated heterocycles. The predicted molar refractivity (Wildman–Crippen MR) is 67.1 cm³/mol. The quantitative estimate of drug-likeness (QED) is 0.739. The van der Waals surface area contributed by atoms with Crippen molar-refractivity contribution in [2.45, 2.75) is 45.6 Å². The zero-order valence-electron chi connectivity index (χ0n) is 9.91. The number of aryl methyl sites for hydroxylation is 1. The van der Waals surface area contributed by atoms with Gasteiger partial charge in [0.2, 0.25) is 0 Å². The van der Waals surface area contributed by atoms with Crippen molar-refractivity contribution in [2.24, 2.45) is 0 Å². The third-order valence-corrected chi connectivity index (χ3v) is 3.02. The Hall–Kier alpha value is -0.830. The molecule has 0 N–H and O–H groups in total. The van der Waals surface area contributed by atoms with Gasteiger partial charge in [-0.3, -0.25) is 0 Å². The number of halogens is 1. The summed E-state index contributed by atoms with van der Waals surface area (Å²) >= 11 is 5.98. The van der Waals surface area contributed by atoms with Gasteiger partial charge >= 0.3 is 0 Å². The fourth-order valence-corrected chi connectivity index (χ4v) is 2.08. The van der Waals surface area contributed by atoms with Crippen LogP contribution in [-0.2, 0) is 0 Å². The van der Waals surface area contributed by atoms with Crippen molar-refractivity contribution >= 4 is 17.4 Å². The molecular formula is C12H18ClN3. The fraction of sp³-hybridized carbons (Fsp3) is 0.667. The van der Waals surface area contributed by atoms with Crippen molar-refractivity contribution < 1.29 is 0 Å². The van der Waals surface area contributed by atoms with E-state index in [0.29, 0.717) is 11.2 Å². The van der Waals surface area contributed by atoms with Crippen LogP contribution in [0.4, 0.5) is 5.82 Å². The number of anilines is 1. The van der Waals surface area contributed by atoms with Gasteiger partial charge in [-0.15, -0.1) is 0 Å². The Morgan fingerprint density at radius 1 is 1.44 bits per heavy atom. The lowest BCUT2D eigenvalue weighted by Gasteiger charge is -2.23. The normalized spacial score (nSPS) is 15.2. The molecule has 0 radical (unpaired) electrons. The third-order valence-electron chi connectivity index (χ3n) is 2.83. The van der Waals surface area contributed by atoms with E-state index < -0.39 is 0 Å². The van der Waals surface area contributed by atoms with E-state index in [9.17, 15) is 0 Å². The minimum atomic E-state index is 0.546. The summed E-state index contributed by atoms with van der Waals surface area (Å²) in [5.74, 6) is 1.75. The summed E-state index contributed by atoms with van der Waals surface area (Å²) in [5.41, 5.74) is 0. The Morgan fingerprint density at radius 3 is 2.75 bits per heavy atom. The highest BCUT2D eigenvalue weighted by Crippen LogP contribution is 2.31. The van der Waals surface area contributed by atoms with Gasteiger partial charge in [-0.05, 0) is 26.2 Å². The van der Waals surface area contributed by atoms with Crippen LogP contribution in [0.5, 0.6) is 0 Å². The monoisotopic (exact) mass is 239 g/mol. The largest absolute Gasteiger partial charge is 0.353 e. The molecule has 1 saturated carbocycles. The maximum atomic E-state index is 5.98. The van der Waals surface area contributed by atoms with Gasteiger partial charge in [-0.25, -0.2) is 9.97 Å². The smallest absolute Gasteiger partial charge is 0.134 e. The van der Waals surface area contributed by atoms with E-state index in [1.807, 2.05) is 13.0 Å². The number of rotatable bonds is 5. The van der Waals surface area contributed by atoms with Gasteiger partial charge in [0.25, 0.3) is 0 Å². The van der Waals surface area contributed by atoms with Crippen LogP contribution in [0.15, 0.2) is 6.07 Å². The highest BCUT2D eigenvalue weighted by Gasteiger charge is 2.29. The second-order valence-electron chi connectivity index (χ2n) is 4.37. The Morgan fingerprint density at radius 2 is 2.19 bits per heavy atom. The molecule has 0 atom stereocenters. The molecule has 1 aliphatic rings. The Labute approximate surface area is 102 Å². The summed E-state index contributed by atoms with van der Waals surface area (Å²) in [7, 11) is 0. The summed E-state index contributed by atoms with van der Waals surface area (Å²) in [5, 5.41) is 0.546. The first-order valence-electron chi connectivity index (χ1n) is 5.98. The standard InChI is InChI=1S/C12H18ClN3/c1-3-4-7-16(10-5-6-10)12-8-11(13)14-9(2)15-12/h8,10H,3-7H2,1-2H3. The highest BCUT2D eigenvalue weighted by atomic mass is 35.5. The van der Waals surface area contributed by atoms with E-state index in [2.05, 4.69) is 21.8 Å². The summed E-state index contributed by atoms with van der Waals surface area (Å²) < 4.78 is 0. The maximum Gasteiger partial charge on any atom is 0.134 e. The van der Waals surface area contributed by atoms with Gasteiger partial charge in [-0.1, -0.05) is 24.9 Å². The summed E-state index contributed by atoms with van der Waals surface area (Å²) in [6.07, 6.45) is 4.98. The van der Waals surface area contributed by atoms with E-state index in [0.717, 1.165) is 18.2 Å². The highest BCUT2D eigenvalue weighted by molar-refractivity contribution is 6.29. The van der Waals surface area contributed by atoms with E-state index >= 15 is 0 Å². The summed E-state index contributed by atoms with van der Waals surface area (Å²) in [6, 6.07) is 2.56. The van der Waals surface area contributed by atoms with Crippen molar-refractivity contribution in [2.75, 3.05) is 11.4 Å². The SMILES string of the molecule is CCCCN(c1cc(Cl)nc(C)n1)C1CC1. The molecule has 1 aliphatic carbocycles. The summed E-state index contributed by atoms with van der Waals surface area (Å²) in [6.45, 7) is 5.18. The average Bonchev–Trinajstić information content (AvgIpc) is 3.01. The Bertz CT molecular complexity index is 343. The fourth-order valence-electron chi connectivity index (χ4n) is 1.86. The molecule has 0 spiro atoms. The lowest BCUT2D eigenvalue weighted by atomic mass is 10.3. The van der Waals surface area contributed by atoms with Crippen LogP contribution >= 0.6 is 11.6 Å². The van der Waals surface area contributed by atoms with E-state index in [1.165, 1.54) is 25.7 Å². The van der Waals surface area contributed by atoms with Crippen LogP contribution in [0.25, 0.3) is 0 Å². The predicted octanol–water partition coefficient (Wildman–Crippen LogP) is 3.21. The lowest BCUT2D eigenvalue weighted by Crippen LogP contribution is -2.28. The number of nitrogens with zero attached hydrogens (tertiary/aromatic N) is 3. The van der Waals surface area contributed by atoms with Crippen molar-refractivity contribution in [3.8, 4) is 0 Å². The average molecular weight is 240 g/mol. The lowest BCUT2D eigenvalue weighted by molar-refractivity contribution is 0.702. The first-order valence-corrected chi connectivity index (χ1v) is 6.36. The molecule has 1 aromatic rings. The number of aromatic nitrogens is 2. The molecule has 16 heavy (non-hydrogen) atoms. The van der Waals surface area contributed by atoms with Gasteiger partial charge in [0.15, 0.2) is 0 Å². The van der Waals surface area contributed by atoms with Crippen molar-refractivity contribution in [3.63, 3.8) is 0 Å². The molecule has 0 amide bonds. The molecule has 88 valence electrons. The second kappa shape index (κ2) is 5.00. The summed E-state index contributed by atoms with van der Waals surface area (Å²) in [4.78, 5) is 11.0.